The van der Waals surface area contributed by atoms with Crippen molar-refractivity contribution in [2.24, 2.45) is 5.92 Å². The molecule has 3 aliphatic heterocycles. The predicted octanol–water partition coefficient (Wildman–Crippen LogP) is 4.43. The van der Waals surface area contributed by atoms with E-state index >= 15 is 0 Å². The van der Waals surface area contributed by atoms with Crippen molar-refractivity contribution < 1.29 is 23.9 Å². The van der Waals surface area contributed by atoms with Gasteiger partial charge in [-0.05, 0) is 106 Å². The summed E-state index contributed by atoms with van der Waals surface area (Å²) in [5, 5.41) is 23.6. The van der Waals surface area contributed by atoms with Crippen LogP contribution in [0.3, 0.4) is 0 Å². The number of ether oxygens (including phenoxy) is 1. The highest BCUT2D eigenvalue weighted by Gasteiger charge is 2.34. The van der Waals surface area contributed by atoms with E-state index in [0.717, 1.165) is 95.8 Å². The van der Waals surface area contributed by atoms with Gasteiger partial charge in [-0.1, -0.05) is 11.6 Å². The maximum absolute atomic E-state index is 13.3. The fourth-order valence-electron chi connectivity index (χ4n) is 8.42. The Hall–Kier alpha value is -5.26. The van der Waals surface area contributed by atoms with Crippen LogP contribution < -0.4 is 25.2 Å². The summed E-state index contributed by atoms with van der Waals surface area (Å²) >= 11 is 6.15. The third kappa shape index (κ3) is 9.83. The summed E-state index contributed by atoms with van der Waals surface area (Å²) in [4.78, 5) is 59.0. The molecule has 4 fully saturated rings. The number of likely N-dealkylation sites (N-methyl/N-ethyl adjacent to an activating group) is 1. The van der Waals surface area contributed by atoms with Crippen molar-refractivity contribution >= 4 is 46.7 Å². The second-order valence-corrected chi connectivity index (χ2v) is 15.8. The number of nitrogens with one attached hydrogen (secondary N) is 2. The molecule has 4 heterocycles. The fourth-order valence-corrected chi connectivity index (χ4v) is 8.63. The van der Waals surface area contributed by atoms with E-state index in [-0.39, 0.29) is 36.3 Å². The second kappa shape index (κ2) is 18.3. The Morgan fingerprint density at radius 3 is 2.28 bits per heavy atom. The molecule has 3 aromatic rings. The number of hydrogen-bond donors (Lipinski definition) is 2. The monoisotopic (exact) mass is 795 g/mol. The summed E-state index contributed by atoms with van der Waals surface area (Å²) in [6, 6.07) is 17.9. The van der Waals surface area contributed by atoms with Crippen LogP contribution in [0.1, 0.15) is 84.7 Å². The first-order chi connectivity index (χ1) is 27.7. The summed E-state index contributed by atoms with van der Waals surface area (Å²) in [6.45, 7) is 8.84. The maximum atomic E-state index is 13.3. The van der Waals surface area contributed by atoms with Crippen molar-refractivity contribution in [2.75, 3.05) is 62.2 Å². The zero-order valence-electron chi connectivity index (χ0n) is 32.4. The Morgan fingerprint density at radius 1 is 0.912 bits per heavy atom. The molecule has 1 atom stereocenters. The highest BCUT2D eigenvalue weighted by atomic mass is 35.5. The van der Waals surface area contributed by atoms with Gasteiger partial charge in [0.25, 0.3) is 11.8 Å². The topological polar surface area (TPSA) is 164 Å². The summed E-state index contributed by atoms with van der Waals surface area (Å²) in [5.74, 6) is 0.931. The molecule has 7 rings (SSSR count). The number of halogens is 1. The Bertz CT molecular complexity index is 1950. The van der Waals surface area contributed by atoms with E-state index in [1.54, 1.807) is 29.2 Å². The number of hydrogen-bond acceptors (Lipinski definition) is 11. The number of carbonyl (C=O) groups excluding carboxylic acids is 4. The SMILES string of the molecule is CCN(C(=O)c1ccc(N2CCN(CC3CCN(c4ccc(C(=O)N[C@H]5CC[C@H](Oc6ccc(C#N)c(Cl)c6)CC5)nn4)CC3)CC2)cc1)C1CCC(=O)NC1=O. The second-order valence-electron chi connectivity index (χ2n) is 15.4. The van der Waals surface area contributed by atoms with E-state index in [9.17, 15) is 19.2 Å². The predicted molar refractivity (Wildman–Crippen MR) is 215 cm³/mol. The molecule has 3 saturated heterocycles. The van der Waals surface area contributed by atoms with E-state index in [4.69, 9.17) is 21.6 Å². The number of nitrogens with zero attached hydrogens (tertiary/aromatic N) is 7. The Kier molecular flexibility index (Phi) is 12.9. The molecule has 1 saturated carbocycles. The van der Waals surface area contributed by atoms with Crippen LogP contribution >= 0.6 is 11.6 Å². The van der Waals surface area contributed by atoms with Gasteiger partial charge in [-0.2, -0.15) is 5.26 Å². The quantitative estimate of drug-likeness (QED) is 0.264. The Morgan fingerprint density at radius 2 is 1.65 bits per heavy atom. The van der Waals surface area contributed by atoms with Crippen molar-refractivity contribution in [3.05, 3.63) is 76.4 Å². The summed E-state index contributed by atoms with van der Waals surface area (Å²) in [7, 11) is 0. The first-order valence-corrected chi connectivity index (χ1v) is 20.5. The first-order valence-electron chi connectivity index (χ1n) is 20.1. The van der Waals surface area contributed by atoms with Gasteiger partial charge in [0.05, 0.1) is 16.7 Å². The molecule has 4 aliphatic rings. The van der Waals surface area contributed by atoms with Crippen molar-refractivity contribution in [1.82, 2.24) is 30.6 Å². The number of anilines is 2. The number of amides is 4. The average molecular weight is 796 g/mol. The lowest BCUT2D eigenvalue weighted by molar-refractivity contribution is -0.136. The van der Waals surface area contributed by atoms with E-state index in [1.807, 2.05) is 37.3 Å². The zero-order valence-corrected chi connectivity index (χ0v) is 33.1. The molecule has 0 bridgehead atoms. The van der Waals surface area contributed by atoms with Crippen LogP contribution in [0.4, 0.5) is 11.5 Å². The van der Waals surface area contributed by atoms with E-state index in [2.05, 4.69) is 41.6 Å². The van der Waals surface area contributed by atoms with E-state index < -0.39 is 11.9 Å². The van der Waals surface area contributed by atoms with Crippen LogP contribution in [0.2, 0.25) is 5.02 Å². The largest absolute Gasteiger partial charge is 0.490 e. The maximum Gasteiger partial charge on any atom is 0.272 e. The minimum absolute atomic E-state index is 0.0282. The minimum Gasteiger partial charge on any atom is -0.490 e. The van der Waals surface area contributed by atoms with Gasteiger partial charge in [0, 0.05) is 82.1 Å². The molecular formula is C42H50ClN9O5. The molecule has 14 nitrogen and oxygen atoms in total. The van der Waals surface area contributed by atoms with Gasteiger partial charge in [0.1, 0.15) is 17.9 Å². The number of imide groups is 1. The van der Waals surface area contributed by atoms with Crippen LogP contribution in [-0.4, -0.2) is 114 Å². The molecule has 57 heavy (non-hydrogen) atoms. The van der Waals surface area contributed by atoms with Gasteiger partial charge in [-0.3, -0.25) is 29.4 Å². The third-order valence-corrected chi connectivity index (χ3v) is 12.1. The van der Waals surface area contributed by atoms with Gasteiger partial charge in [-0.15, -0.1) is 10.2 Å². The molecule has 1 aliphatic carbocycles. The average Bonchev–Trinajstić information content (AvgIpc) is 3.23. The number of piperazine rings is 1. The van der Waals surface area contributed by atoms with Crippen molar-refractivity contribution in [3.63, 3.8) is 0 Å². The van der Waals surface area contributed by atoms with Crippen molar-refractivity contribution in [1.29, 1.82) is 5.26 Å². The van der Waals surface area contributed by atoms with Gasteiger partial charge in [0.2, 0.25) is 11.8 Å². The zero-order chi connectivity index (χ0) is 39.9. The fraction of sp³-hybridized carbons (Fsp3) is 0.500. The molecule has 2 N–H and O–H groups in total. The molecule has 4 amide bonds. The molecule has 15 heteroatoms. The molecule has 0 spiro atoms. The number of carbonyl (C=O) groups is 4. The van der Waals surface area contributed by atoms with Crippen molar-refractivity contribution in [2.45, 2.75) is 76.5 Å². The highest BCUT2D eigenvalue weighted by Crippen LogP contribution is 2.28. The van der Waals surface area contributed by atoms with Crippen LogP contribution in [0.25, 0.3) is 0 Å². The number of benzene rings is 2. The van der Waals surface area contributed by atoms with Crippen LogP contribution in [0.5, 0.6) is 5.75 Å². The van der Waals surface area contributed by atoms with Crippen LogP contribution in [-0.2, 0) is 9.59 Å². The standard InChI is InChI=1S/C42H50ClN9O5/c1-2-52(37-14-16-39(53)46-41(37)55)42(56)29-3-8-32(9-4-29)50-23-21-49(22-24-50)27-28-17-19-51(20-18-28)38-15-13-36(47-48-38)40(54)45-31-6-11-33(12-7-31)57-34-10-5-30(26-44)35(43)25-34/h3-5,8-10,13,15,25,28,31,33,37H,2,6-7,11-12,14,16-24,27H2,1H3,(H,45,54)(H,46,53,55)/t31-,33-,37?. The molecule has 2 aromatic carbocycles. The highest BCUT2D eigenvalue weighted by molar-refractivity contribution is 6.31. The lowest BCUT2D eigenvalue weighted by Gasteiger charge is -2.39. The van der Waals surface area contributed by atoms with Crippen molar-refractivity contribution in [3.8, 4) is 11.8 Å². The molecular weight excluding hydrogens is 746 g/mol. The third-order valence-electron chi connectivity index (χ3n) is 11.8. The van der Waals surface area contributed by atoms with E-state index in [1.165, 1.54) is 0 Å². The minimum atomic E-state index is -0.630. The Labute approximate surface area is 338 Å². The molecule has 1 aromatic heterocycles. The lowest BCUT2D eigenvalue weighted by Crippen LogP contribution is -2.54. The normalized spacial score (nSPS) is 22.0. The van der Waals surface area contributed by atoms with Gasteiger partial charge >= 0.3 is 0 Å². The molecule has 0 radical (unpaired) electrons. The summed E-state index contributed by atoms with van der Waals surface area (Å²) in [5.41, 5.74) is 2.35. The van der Waals surface area contributed by atoms with Crippen LogP contribution in [0, 0.1) is 17.2 Å². The first kappa shape index (κ1) is 40.0. The van der Waals surface area contributed by atoms with Crippen LogP contribution in [0.15, 0.2) is 54.6 Å². The van der Waals surface area contributed by atoms with E-state index in [0.29, 0.717) is 46.5 Å². The summed E-state index contributed by atoms with van der Waals surface area (Å²) < 4.78 is 6.08. The molecule has 300 valence electrons. The lowest BCUT2D eigenvalue weighted by atomic mass is 9.93. The number of nitriles is 1. The van der Waals surface area contributed by atoms with Gasteiger partial charge in [-0.25, -0.2) is 0 Å². The Balaban J connectivity index is 0.800. The van der Waals surface area contributed by atoms with Gasteiger partial charge in [0.15, 0.2) is 11.5 Å². The number of piperidine rings is 2. The number of rotatable bonds is 11. The number of aromatic nitrogens is 2. The molecule has 1 unspecified atom stereocenters. The summed E-state index contributed by atoms with van der Waals surface area (Å²) in [6.07, 6.45) is 5.93. The van der Waals surface area contributed by atoms with Gasteiger partial charge < -0.3 is 24.8 Å². The smallest absolute Gasteiger partial charge is 0.272 e.